The molecule has 0 amide bonds. The first-order valence-corrected chi connectivity index (χ1v) is 5.90. The molecule has 1 heterocycles. The minimum atomic E-state index is -0.109. The average Bonchev–Trinajstić information content (AvgIpc) is 2.28. The molecule has 0 radical (unpaired) electrons. The smallest absolute Gasteiger partial charge is 0.224 e. The van der Waals surface area contributed by atoms with Crippen molar-refractivity contribution in [3.8, 4) is 22.9 Å². The highest BCUT2D eigenvalue weighted by Gasteiger charge is 2.10. The Morgan fingerprint density at radius 2 is 1.94 bits per heavy atom. The second kappa shape index (κ2) is 4.46. The van der Waals surface area contributed by atoms with Crippen molar-refractivity contribution in [2.45, 2.75) is 5.16 Å². The third-order valence-electron chi connectivity index (χ3n) is 2.04. The van der Waals surface area contributed by atoms with Crippen LogP contribution in [-0.2, 0) is 0 Å². The number of benzene rings is 1. The summed E-state index contributed by atoms with van der Waals surface area (Å²) >= 11 is 1.33. The fourth-order valence-electron chi connectivity index (χ4n) is 1.29. The van der Waals surface area contributed by atoms with Gasteiger partial charge in [-0.1, -0.05) is 11.8 Å². The van der Waals surface area contributed by atoms with E-state index in [0.29, 0.717) is 10.7 Å². The van der Waals surface area contributed by atoms with E-state index in [0.717, 1.165) is 0 Å². The number of nitrogens with zero attached hydrogens (tertiary/aromatic N) is 3. The van der Waals surface area contributed by atoms with E-state index in [9.17, 15) is 10.2 Å². The Kier molecular flexibility index (Phi) is 3.01. The molecule has 0 aliphatic carbocycles. The van der Waals surface area contributed by atoms with Crippen LogP contribution in [0.1, 0.15) is 0 Å². The number of nitrogens with two attached hydrogens (primary N) is 1. The summed E-state index contributed by atoms with van der Waals surface area (Å²) in [5, 5.41) is 19.4. The van der Waals surface area contributed by atoms with Crippen LogP contribution in [0, 0.1) is 0 Å². The van der Waals surface area contributed by atoms with E-state index in [-0.39, 0.29) is 23.3 Å². The van der Waals surface area contributed by atoms with Crippen LogP contribution in [0.25, 0.3) is 11.4 Å². The number of aromatic nitrogens is 3. The van der Waals surface area contributed by atoms with Crippen LogP contribution < -0.4 is 5.73 Å². The van der Waals surface area contributed by atoms with E-state index in [4.69, 9.17) is 5.73 Å². The van der Waals surface area contributed by atoms with E-state index in [1.807, 2.05) is 6.26 Å². The molecule has 2 aromatic rings. The molecule has 0 saturated heterocycles. The van der Waals surface area contributed by atoms with Crippen LogP contribution >= 0.6 is 11.8 Å². The zero-order valence-corrected chi connectivity index (χ0v) is 9.77. The molecule has 0 spiro atoms. The number of phenolic OH excluding ortho intramolecular Hbond substituents is 2. The number of aromatic hydroxyl groups is 2. The maximum absolute atomic E-state index is 9.69. The van der Waals surface area contributed by atoms with Crippen molar-refractivity contribution < 1.29 is 10.2 Å². The van der Waals surface area contributed by atoms with Gasteiger partial charge in [0.2, 0.25) is 5.95 Å². The van der Waals surface area contributed by atoms with E-state index in [2.05, 4.69) is 15.0 Å². The molecule has 7 heteroatoms. The van der Waals surface area contributed by atoms with Crippen molar-refractivity contribution in [2.24, 2.45) is 0 Å². The van der Waals surface area contributed by atoms with Crippen molar-refractivity contribution in [1.82, 2.24) is 15.0 Å². The van der Waals surface area contributed by atoms with Gasteiger partial charge in [0.1, 0.15) is 11.5 Å². The molecule has 17 heavy (non-hydrogen) atoms. The van der Waals surface area contributed by atoms with Gasteiger partial charge in [0, 0.05) is 6.07 Å². The van der Waals surface area contributed by atoms with Gasteiger partial charge in [-0.2, -0.15) is 9.97 Å². The van der Waals surface area contributed by atoms with Crippen LogP contribution in [0.2, 0.25) is 0 Å². The van der Waals surface area contributed by atoms with Crippen molar-refractivity contribution >= 4 is 17.7 Å². The summed E-state index contributed by atoms with van der Waals surface area (Å²) in [6, 6.07) is 4.17. The van der Waals surface area contributed by atoms with Gasteiger partial charge in [0.25, 0.3) is 0 Å². The predicted octanol–water partition coefficient (Wildman–Crippen LogP) is 1.25. The van der Waals surface area contributed by atoms with Crippen molar-refractivity contribution in [2.75, 3.05) is 12.0 Å². The lowest BCUT2D eigenvalue weighted by molar-refractivity contribution is 0.451. The topological polar surface area (TPSA) is 105 Å². The maximum atomic E-state index is 9.69. The summed E-state index contributed by atoms with van der Waals surface area (Å²) in [7, 11) is 0. The Balaban J connectivity index is 2.55. The number of phenols is 2. The molecule has 0 aliphatic heterocycles. The molecule has 2 rings (SSSR count). The van der Waals surface area contributed by atoms with E-state index in [1.165, 1.54) is 30.0 Å². The molecule has 0 atom stereocenters. The zero-order chi connectivity index (χ0) is 12.4. The molecule has 0 unspecified atom stereocenters. The van der Waals surface area contributed by atoms with Gasteiger partial charge in [-0.05, 0) is 18.4 Å². The van der Waals surface area contributed by atoms with Crippen LogP contribution in [-0.4, -0.2) is 31.4 Å². The quantitative estimate of drug-likeness (QED) is 0.689. The predicted molar refractivity (Wildman–Crippen MR) is 64.8 cm³/mol. The Hall–Kier alpha value is -2.02. The van der Waals surface area contributed by atoms with Gasteiger partial charge in [-0.25, -0.2) is 4.98 Å². The largest absolute Gasteiger partial charge is 0.508 e. The Morgan fingerprint density at radius 3 is 2.59 bits per heavy atom. The number of nitrogen functional groups attached to an aromatic ring is 1. The maximum Gasteiger partial charge on any atom is 0.224 e. The number of hydrogen-bond acceptors (Lipinski definition) is 7. The first-order chi connectivity index (χ1) is 8.10. The molecule has 0 saturated carbocycles. The van der Waals surface area contributed by atoms with E-state index in [1.54, 1.807) is 0 Å². The molecule has 88 valence electrons. The average molecular weight is 250 g/mol. The van der Waals surface area contributed by atoms with Crippen LogP contribution in [0.3, 0.4) is 0 Å². The summed E-state index contributed by atoms with van der Waals surface area (Å²) in [4.78, 5) is 12.0. The SMILES string of the molecule is CSc1nc(N)nc(-c2ccc(O)cc2O)n1. The monoisotopic (exact) mass is 250 g/mol. The Bertz CT molecular complexity index is 562. The lowest BCUT2D eigenvalue weighted by Gasteiger charge is -2.05. The normalized spacial score (nSPS) is 10.4. The van der Waals surface area contributed by atoms with Gasteiger partial charge in [-0.3, -0.25) is 0 Å². The zero-order valence-electron chi connectivity index (χ0n) is 8.95. The lowest BCUT2D eigenvalue weighted by atomic mass is 10.2. The van der Waals surface area contributed by atoms with Crippen molar-refractivity contribution in [3.63, 3.8) is 0 Å². The first kappa shape index (κ1) is 11.5. The molecule has 0 aliphatic rings. The van der Waals surface area contributed by atoms with E-state index >= 15 is 0 Å². The second-order valence-corrected chi connectivity index (χ2v) is 3.98. The second-order valence-electron chi connectivity index (χ2n) is 3.21. The summed E-state index contributed by atoms with van der Waals surface area (Å²) in [6.07, 6.45) is 1.81. The standard InChI is InChI=1S/C10H10N4O2S/c1-17-10-13-8(12-9(11)14-10)6-3-2-5(15)4-7(6)16/h2-4,15-16H,1H3,(H2,11,12,13,14). The third kappa shape index (κ3) is 2.39. The molecular formula is C10H10N4O2S. The highest BCUT2D eigenvalue weighted by molar-refractivity contribution is 7.98. The van der Waals surface area contributed by atoms with Crippen LogP contribution in [0.15, 0.2) is 23.4 Å². The molecule has 0 fully saturated rings. The lowest BCUT2D eigenvalue weighted by Crippen LogP contribution is -2.01. The molecular weight excluding hydrogens is 240 g/mol. The summed E-state index contributed by atoms with van der Waals surface area (Å²) in [6.45, 7) is 0. The Morgan fingerprint density at radius 1 is 1.18 bits per heavy atom. The summed E-state index contributed by atoms with van der Waals surface area (Å²) < 4.78 is 0. The highest BCUT2D eigenvalue weighted by atomic mass is 32.2. The van der Waals surface area contributed by atoms with Crippen molar-refractivity contribution in [3.05, 3.63) is 18.2 Å². The van der Waals surface area contributed by atoms with Gasteiger partial charge < -0.3 is 15.9 Å². The van der Waals surface area contributed by atoms with Crippen LogP contribution in [0.4, 0.5) is 5.95 Å². The van der Waals surface area contributed by atoms with Gasteiger partial charge in [0.15, 0.2) is 11.0 Å². The minimum absolute atomic E-state index is 0.0293. The number of anilines is 1. The van der Waals surface area contributed by atoms with Crippen molar-refractivity contribution in [1.29, 1.82) is 0 Å². The minimum Gasteiger partial charge on any atom is -0.508 e. The summed E-state index contributed by atoms with van der Waals surface area (Å²) in [5.74, 6) is 0.229. The van der Waals surface area contributed by atoms with Gasteiger partial charge in [0.05, 0.1) is 5.56 Å². The van der Waals surface area contributed by atoms with E-state index < -0.39 is 0 Å². The van der Waals surface area contributed by atoms with Gasteiger partial charge >= 0.3 is 0 Å². The summed E-state index contributed by atoms with van der Waals surface area (Å²) in [5.41, 5.74) is 5.94. The highest BCUT2D eigenvalue weighted by Crippen LogP contribution is 2.30. The Labute approximate surface area is 102 Å². The molecule has 6 nitrogen and oxygen atoms in total. The molecule has 1 aromatic carbocycles. The number of hydrogen-bond donors (Lipinski definition) is 3. The first-order valence-electron chi connectivity index (χ1n) is 4.68. The van der Waals surface area contributed by atoms with Crippen LogP contribution in [0.5, 0.6) is 11.5 Å². The number of rotatable bonds is 2. The fraction of sp³-hybridized carbons (Fsp3) is 0.100. The fourth-order valence-corrected chi connectivity index (χ4v) is 1.66. The molecule has 0 bridgehead atoms. The molecule has 1 aromatic heterocycles. The molecule has 4 N–H and O–H groups in total. The third-order valence-corrected chi connectivity index (χ3v) is 2.58. The number of thioether (sulfide) groups is 1. The van der Waals surface area contributed by atoms with Gasteiger partial charge in [-0.15, -0.1) is 0 Å².